The standard InChI is InChI=1S/C20H19N3O4S2/c1-27-14-7-5-13(6-8-14)12-16-19(25)23(20(26)29-16)11-10-21-17(24)15-4-3-9-22-18(15)28-2/h3-9,12H,10-11H2,1-2H3,(H,21,24). The second-order valence-corrected chi connectivity index (χ2v) is 7.71. The molecule has 2 heterocycles. The van der Waals surface area contributed by atoms with Crippen LogP contribution in [0.4, 0.5) is 4.79 Å². The maximum Gasteiger partial charge on any atom is 0.293 e. The predicted octanol–water partition coefficient (Wildman–Crippen LogP) is 3.28. The van der Waals surface area contributed by atoms with Gasteiger partial charge in [-0.05, 0) is 53.9 Å². The van der Waals surface area contributed by atoms with Gasteiger partial charge in [0.1, 0.15) is 10.8 Å². The van der Waals surface area contributed by atoms with Crippen molar-refractivity contribution in [2.75, 3.05) is 26.5 Å². The molecular weight excluding hydrogens is 410 g/mol. The van der Waals surface area contributed by atoms with Gasteiger partial charge < -0.3 is 10.1 Å². The number of nitrogens with zero attached hydrogens (tertiary/aromatic N) is 2. The molecule has 7 nitrogen and oxygen atoms in total. The van der Waals surface area contributed by atoms with Crippen LogP contribution in [-0.4, -0.2) is 53.4 Å². The minimum absolute atomic E-state index is 0.102. The molecule has 1 saturated heterocycles. The van der Waals surface area contributed by atoms with Crippen molar-refractivity contribution < 1.29 is 19.1 Å². The molecule has 150 valence electrons. The van der Waals surface area contributed by atoms with Crippen LogP contribution < -0.4 is 10.1 Å². The average molecular weight is 430 g/mol. The van der Waals surface area contributed by atoms with Crippen LogP contribution in [0.3, 0.4) is 0 Å². The van der Waals surface area contributed by atoms with Crippen molar-refractivity contribution in [1.82, 2.24) is 15.2 Å². The van der Waals surface area contributed by atoms with Crippen molar-refractivity contribution in [3.8, 4) is 5.75 Å². The second-order valence-electron chi connectivity index (χ2n) is 5.92. The quantitative estimate of drug-likeness (QED) is 0.534. The molecule has 0 aliphatic carbocycles. The Kier molecular flexibility index (Phi) is 6.95. The summed E-state index contributed by atoms with van der Waals surface area (Å²) in [6, 6.07) is 10.6. The minimum Gasteiger partial charge on any atom is -0.497 e. The monoisotopic (exact) mass is 429 g/mol. The lowest BCUT2D eigenvalue weighted by molar-refractivity contribution is -0.122. The fourth-order valence-corrected chi connectivity index (χ4v) is 4.06. The Balaban J connectivity index is 1.60. The van der Waals surface area contributed by atoms with Gasteiger partial charge in [-0.15, -0.1) is 11.8 Å². The van der Waals surface area contributed by atoms with Crippen LogP contribution in [0, 0.1) is 0 Å². The zero-order chi connectivity index (χ0) is 20.8. The van der Waals surface area contributed by atoms with Crippen LogP contribution in [-0.2, 0) is 4.79 Å². The largest absolute Gasteiger partial charge is 0.497 e. The minimum atomic E-state index is -0.365. The lowest BCUT2D eigenvalue weighted by atomic mass is 10.2. The van der Waals surface area contributed by atoms with E-state index in [0.29, 0.717) is 21.2 Å². The first-order valence-corrected chi connectivity index (χ1v) is 10.7. The van der Waals surface area contributed by atoms with Gasteiger partial charge in [0.05, 0.1) is 17.6 Å². The highest BCUT2D eigenvalue weighted by molar-refractivity contribution is 8.18. The molecule has 1 aromatic carbocycles. The SMILES string of the molecule is COc1ccc(C=C2SC(=O)N(CCNC(=O)c3cccnc3SC)C2=O)cc1. The fourth-order valence-electron chi connectivity index (χ4n) is 2.65. The molecule has 2 aromatic rings. The van der Waals surface area contributed by atoms with E-state index in [1.54, 1.807) is 43.6 Å². The topological polar surface area (TPSA) is 88.6 Å². The van der Waals surface area contributed by atoms with Crippen molar-refractivity contribution in [1.29, 1.82) is 0 Å². The molecule has 1 fully saturated rings. The van der Waals surface area contributed by atoms with Crippen molar-refractivity contribution in [3.05, 3.63) is 58.6 Å². The number of thioether (sulfide) groups is 2. The van der Waals surface area contributed by atoms with E-state index in [9.17, 15) is 14.4 Å². The lowest BCUT2D eigenvalue weighted by Gasteiger charge is -2.13. The summed E-state index contributed by atoms with van der Waals surface area (Å²) in [5.41, 5.74) is 1.26. The summed E-state index contributed by atoms with van der Waals surface area (Å²) >= 11 is 2.27. The Labute approximate surface area is 176 Å². The molecule has 0 spiro atoms. The van der Waals surface area contributed by atoms with E-state index in [2.05, 4.69) is 10.3 Å². The summed E-state index contributed by atoms with van der Waals surface area (Å²) in [4.78, 5) is 42.7. The van der Waals surface area contributed by atoms with Gasteiger partial charge in [-0.1, -0.05) is 12.1 Å². The number of nitrogens with one attached hydrogen (secondary N) is 1. The van der Waals surface area contributed by atoms with E-state index >= 15 is 0 Å². The highest BCUT2D eigenvalue weighted by Crippen LogP contribution is 2.32. The van der Waals surface area contributed by atoms with Gasteiger partial charge in [-0.25, -0.2) is 4.98 Å². The van der Waals surface area contributed by atoms with Crippen molar-refractivity contribution in [3.63, 3.8) is 0 Å². The smallest absolute Gasteiger partial charge is 0.293 e. The maximum absolute atomic E-state index is 12.6. The summed E-state index contributed by atoms with van der Waals surface area (Å²) in [7, 11) is 1.58. The van der Waals surface area contributed by atoms with E-state index in [1.165, 1.54) is 11.8 Å². The molecule has 0 unspecified atom stereocenters. The number of aromatic nitrogens is 1. The van der Waals surface area contributed by atoms with Crippen molar-refractivity contribution >= 4 is 46.7 Å². The van der Waals surface area contributed by atoms with Crippen LogP contribution in [0.2, 0.25) is 0 Å². The van der Waals surface area contributed by atoms with E-state index < -0.39 is 0 Å². The number of hydrogen-bond acceptors (Lipinski definition) is 7. The van der Waals surface area contributed by atoms with Gasteiger partial charge in [0, 0.05) is 19.3 Å². The molecule has 9 heteroatoms. The van der Waals surface area contributed by atoms with Gasteiger partial charge in [0.15, 0.2) is 0 Å². The van der Waals surface area contributed by atoms with Crippen LogP contribution in [0.5, 0.6) is 5.75 Å². The number of rotatable bonds is 7. The zero-order valence-electron chi connectivity index (χ0n) is 15.9. The van der Waals surface area contributed by atoms with Gasteiger partial charge in [-0.2, -0.15) is 0 Å². The van der Waals surface area contributed by atoms with E-state index in [0.717, 1.165) is 22.2 Å². The number of ether oxygens (including phenoxy) is 1. The molecule has 0 radical (unpaired) electrons. The first kappa shape index (κ1) is 20.9. The van der Waals surface area contributed by atoms with Crippen LogP contribution >= 0.6 is 23.5 Å². The number of amides is 3. The molecule has 0 atom stereocenters. The Morgan fingerprint density at radius 2 is 2.03 bits per heavy atom. The molecule has 0 saturated carbocycles. The van der Waals surface area contributed by atoms with Gasteiger partial charge in [0.25, 0.3) is 17.1 Å². The zero-order valence-corrected chi connectivity index (χ0v) is 17.5. The fraction of sp³-hybridized carbons (Fsp3) is 0.200. The normalized spacial score (nSPS) is 15.1. The van der Waals surface area contributed by atoms with Gasteiger partial charge >= 0.3 is 0 Å². The highest BCUT2D eigenvalue weighted by atomic mass is 32.2. The molecule has 1 aliphatic heterocycles. The number of benzene rings is 1. The Hall–Kier alpha value is -2.78. The molecular formula is C20H19N3O4S2. The Morgan fingerprint density at radius 3 is 2.72 bits per heavy atom. The number of pyridine rings is 1. The maximum atomic E-state index is 12.6. The Bertz CT molecular complexity index is 960. The lowest BCUT2D eigenvalue weighted by Crippen LogP contribution is -2.37. The number of imide groups is 1. The highest BCUT2D eigenvalue weighted by Gasteiger charge is 2.34. The van der Waals surface area contributed by atoms with E-state index in [1.807, 2.05) is 18.4 Å². The average Bonchev–Trinajstić information content (AvgIpc) is 3.01. The van der Waals surface area contributed by atoms with Crippen molar-refractivity contribution in [2.45, 2.75) is 5.03 Å². The molecule has 1 N–H and O–H groups in total. The third-order valence-electron chi connectivity index (χ3n) is 4.12. The van der Waals surface area contributed by atoms with E-state index in [-0.39, 0.29) is 30.1 Å². The molecule has 3 rings (SSSR count). The summed E-state index contributed by atoms with van der Waals surface area (Å²) < 4.78 is 5.11. The molecule has 3 amide bonds. The number of carbonyl (C=O) groups is 3. The molecule has 0 bridgehead atoms. The summed E-state index contributed by atoms with van der Waals surface area (Å²) in [5, 5.41) is 3.01. The van der Waals surface area contributed by atoms with E-state index in [4.69, 9.17) is 4.74 Å². The first-order valence-electron chi connectivity index (χ1n) is 8.70. The van der Waals surface area contributed by atoms with Crippen LogP contribution in [0.1, 0.15) is 15.9 Å². The second kappa shape index (κ2) is 9.62. The molecule has 29 heavy (non-hydrogen) atoms. The van der Waals surface area contributed by atoms with Gasteiger partial charge in [0.2, 0.25) is 0 Å². The Morgan fingerprint density at radius 1 is 1.28 bits per heavy atom. The van der Waals surface area contributed by atoms with Crippen LogP contribution in [0.25, 0.3) is 6.08 Å². The third kappa shape index (κ3) is 4.99. The van der Waals surface area contributed by atoms with Crippen molar-refractivity contribution in [2.24, 2.45) is 0 Å². The third-order valence-corrected chi connectivity index (χ3v) is 5.74. The molecule has 1 aliphatic rings. The number of methoxy groups -OCH3 is 1. The predicted molar refractivity (Wildman–Crippen MR) is 114 cm³/mol. The summed E-state index contributed by atoms with van der Waals surface area (Å²) in [5.74, 6) is 0.0590. The number of hydrogen-bond donors (Lipinski definition) is 1. The summed E-state index contributed by atoms with van der Waals surface area (Å²) in [6.45, 7) is 0.265. The molecule has 1 aromatic heterocycles. The first-order chi connectivity index (χ1) is 14.0. The number of carbonyl (C=O) groups excluding carboxylic acids is 3. The van der Waals surface area contributed by atoms with Gasteiger partial charge in [-0.3, -0.25) is 19.3 Å². The summed E-state index contributed by atoms with van der Waals surface area (Å²) in [6.07, 6.45) is 5.13. The van der Waals surface area contributed by atoms with Crippen LogP contribution in [0.15, 0.2) is 52.5 Å².